The van der Waals surface area contributed by atoms with Gasteiger partial charge in [-0.05, 0) is 19.3 Å². The van der Waals surface area contributed by atoms with Gasteiger partial charge in [-0.3, -0.25) is 4.79 Å². The SMILES string of the molecule is CCCCCCC(CCC)(OC(C)=O)C(=O)O. The first-order valence-electron chi connectivity index (χ1n) is 6.41. The maximum absolute atomic E-state index is 11.3. The van der Waals surface area contributed by atoms with Crippen LogP contribution in [0.3, 0.4) is 0 Å². The van der Waals surface area contributed by atoms with Crippen LogP contribution in [-0.2, 0) is 14.3 Å². The van der Waals surface area contributed by atoms with Crippen molar-refractivity contribution in [3.05, 3.63) is 0 Å². The maximum Gasteiger partial charge on any atom is 0.348 e. The lowest BCUT2D eigenvalue weighted by Gasteiger charge is -2.28. The van der Waals surface area contributed by atoms with Gasteiger partial charge in [0.2, 0.25) is 5.60 Å². The second-order valence-corrected chi connectivity index (χ2v) is 4.45. The largest absolute Gasteiger partial charge is 0.478 e. The van der Waals surface area contributed by atoms with E-state index >= 15 is 0 Å². The van der Waals surface area contributed by atoms with Gasteiger partial charge in [0.1, 0.15) is 0 Å². The predicted octanol–water partition coefficient (Wildman–Crippen LogP) is 3.14. The Labute approximate surface area is 103 Å². The third kappa shape index (κ3) is 5.71. The predicted molar refractivity (Wildman–Crippen MR) is 65.8 cm³/mol. The number of hydrogen-bond acceptors (Lipinski definition) is 3. The molecule has 1 N–H and O–H groups in total. The number of ether oxygens (including phenoxy) is 1. The van der Waals surface area contributed by atoms with Crippen molar-refractivity contribution >= 4 is 11.9 Å². The molecule has 1 atom stereocenters. The van der Waals surface area contributed by atoms with E-state index < -0.39 is 17.5 Å². The van der Waals surface area contributed by atoms with Gasteiger partial charge < -0.3 is 9.84 Å². The third-order valence-corrected chi connectivity index (χ3v) is 2.82. The second kappa shape index (κ2) is 8.09. The highest BCUT2D eigenvalue weighted by Gasteiger charge is 2.40. The van der Waals surface area contributed by atoms with E-state index in [0.29, 0.717) is 19.3 Å². The van der Waals surface area contributed by atoms with E-state index in [0.717, 1.165) is 25.7 Å². The molecule has 0 saturated heterocycles. The fourth-order valence-corrected chi connectivity index (χ4v) is 2.00. The molecule has 0 rings (SSSR count). The monoisotopic (exact) mass is 244 g/mol. The van der Waals surface area contributed by atoms with Gasteiger partial charge in [0.25, 0.3) is 0 Å². The first-order valence-corrected chi connectivity index (χ1v) is 6.41. The van der Waals surface area contributed by atoms with Gasteiger partial charge in [-0.25, -0.2) is 4.79 Å². The van der Waals surface area contributed by atoms with Gasteiger partial charge in [-0.2, -0.15) is 0 Å². The van der Waals surface area contributed by atoms with Gasteiger partial charge in [0.15, 0.2) is 0 Å². The van der Waals surface area contributed by atoms with Crippen molar-refractivity contribution in [2.24, 2.45) is 0 Å². The molecule has 0 aliphatic heterocycles. The van der Waals surface area contributed by atoms with Crippen LogP contribution in [0.15, 0.2) is 0 Å². The van der Waals surface area contributed by atoms with Crippen LogP contribution in [0.4, 0.5) is 0 Å². The maximum atomic E-state index is 11.3. The molecule has 100 valence electrons. The molecule has 0 radical (unpaired) electrons. The average molecular weight is 244 g/mol. The molecule has 0 aromatic heterocycles. The number of carboxylic acids is 1. The van der Waals surface area contributed by atoms with Gasteiger partial charge in [0, 0.05) is 6.92 Å². The number of carboxylic acid groups (broad SMARTS) is 1. The summed E-state index contributed by atoms with van der Waals surface area (Å²) in [6, 6.07) is 0. The third-order valence-electron chi connectivity index (χ3n) is 2.82. The number of carbonyl (C=O) groups is 2. The lowest BCUT2D eigenvalue weighted by molar-refractivity contribution is -0.179. The van der Waals surface area contributed by atoms with E-state index in [4.69, 9.17) is 4.74 Å². The van der Waals surface area contributed by atoms with Gasteiger partial charge in [-0.1, -0.05) is 39.5 Å². The molecule has 1 unspecified atom stereocenters. The lowest BCUT2D eigenvalue weighted by atomic mass is 9.91. The van der Waals surface area contributed by atoms with Crippen LogP contribution in [0.5, 0.6) is 0 Å². The Hall–Kier alpha value is -1.06. The molecule has 0 aliphatic carbocycles. The molecular formula is C13H24O4. The van der Waals surface area contributed by atoms with Crippen molar-refractivity contribution in [1.82, 2.24) is 0 Å². The van der Waals surface area contributed by atoms with Crippen molar-refractivity contribution in [3.63, 3.8) is 0 Å². The summed E-state index contributed by atoms with van der Waals surface area (Å²) >= 11 is 0. The molecule has 0 spiro atoms. The summed E-state index contributed by atoms with van der Waals surface area (Å²) in [4.78, 5) is 22.4. The summed E-state index contributed by atoms with van der Waals surface area (Å²) in [5.74, 6) is -1.54. The smallest absolute Gasteiger partial charge is 0.348 e. The summed E-state index contributed by atoms with van der Waals surface area (Å²) < 4.78 is 5.08. The summed E-state index contributed by atoms with van der Waals surface area (Å²) in [5, 5.41) is 9.28. The zero-order valence-electron chi connectivity index (χ0n) is 11.1. The zero-order valence-corrected chi connectivity index (χ0v) is 11.1. The van der Waals surface area contributed by atoms with Crippen LogP contribution in [0.25, 0.3) is 0 Å². The molecule has 4 nitrogen and oxygen atoms in total. The molecule has 0 fully saturated rings. The standard InChI is InChI=1S/C13H24O4/c1-4-6-7-8-10-13(9-5-2,12(15)16)17-11(3)14/h4-10H2,1-3H3,(H,15,16). The second-order valence-electron chi connectivity index (χ2n) is 4.45. The molecule has 0 bridgehead atoms. The van der Waals surface area contributed by atoms with Crippen LogP contribution >= 0.6 is 0 Å². The van der Waals surface area contributed by atoms with Crippen molar-refractivity contribution in [1.29, 1.82) is 0 Å². The highest BCUT2D eigenvalue weighted by molar-refractivity contribution is 5.81. The Morgan fingerprint density at radius 3 is 2.12 bits per heavy atom. The highest BCUT2D eigenvalue weighted by atomic mass is 16.6. The topological polar surface area (TPSA) is 63.6 Å². The summed E-state index contributed by atoms with van der Waals surface area (Å²) in [5.41, 5.74) is -1.31. The van der Waals surface area contributed by atoms with Gasteiger partial charge in [-0.15, -0.1) is 0 Å². The van der Waals surface area contributed by atoms with Crippen molar-refractivity contribution in [3.8, 4) is 0 Å². The molecule has 0 heterocycles. The Kier molecular flexibility index (Phi) is 7.59. The number of aliphatic carboxylic acids is 1. The lowest BCUT2D eigenvalue weighted by Crippen LogP contribution is -2.43. The minimum absolute atomic E-state index is 0.383. The molecule has 4 heteroatoms. The Bertz CT molecular complexity index is 250. The minimum atomic E-state index is -1.31. The summed E-state index contributed by atoms with van der Waals surface area (Å²) in [6.07, 6.45) is 5.43. The number of hydrogen-bond donors (Lipinski definition) is 1. The fraction of sp³-hybridized carbons (Fsp3) is 0.846. The first-order chi connectivity index (χ1) is 7.98. The zero-order chi connectivity index (χ0) is 13.3. The quantitative estimate of drug-likeness (QED) is 0.500. The van der Waals surface area contributed by atoms with Crippen molar-refractivity contribution < 1.29 is 19.4 Å². The van der Waals surface area contributed by atoms with E-state index in [9.17, 15) is 14.7 Å². The first kappa shape index (κ1) is 15.9. The van der Waals surface area contributed by atoms with E-state index in [1.54, 1.807) is 0 Å². The molecule has 0 aliphatic rings. The fourth-order valence-electron chi connectivity index (χ4n) is 2.00. The van der Waals surface area contributed by atoms with Gasteiger partial charge in [0.05, 0.1) is 0 Å². The molecule has 17 heavy (non-hydrogen) atoms. The number of rotatable bonds is 9. The van der Waals surface area contributed by atoms with Crippen LogP contribution in [0.1, 0.15) is 65.7 Å². The summed E-state index contributed by atoms with van der Waals surface area (Å²) in [7, 11) is 0. The highest BCUT2D eigenvalue weighted by Crippen LogP contribution is 2.26. The average Bonchev–Trinajstić information content (AvgIpc) is 2.23. The van der Waals surface area contributed by atoms with Crippen LogP contribution in [0.2, 0.25) is 0 Å². The van der Waals surface area contributed by atoms with Crippen LogP contribution in [0, 0.1) is 0 Å². The van der Waals surface area contributed by atoms with E-state index in [1.807, 2.05) is 6.92 Å². The van der Waals surface area contributed by atoms with Crippen LogP contribution in [-0.4, -0.2) is 22.6 Å². The molecule has 0 aromatic carbocycles. The van der Waals surface area contributed by atoms with Crippen LogP contribution < -0.4 is 0 Å². The molecular weight excluding hydrogens is 220 g/mol. The molecule has 0 aromatic rings. The minimum Gasteiger partial charge on any atom is -0.478 e. The number of unbranched alkanes of at least 4 members (excludes halogenated alkanes) is 3. The van der Waals surface area contributed by atoms with Crippen molar-refractivity contribution in [2.75, 3.05) is 0 Å². The molecule has 0 saturated carbocycles. The summed E-state index contributed by atoms with van der Waals surface area (Å²) in [6.45, 7) is 5.26. The van der Waals surface area contributed by atoms with Gasteiger partial charge >= 0.3 is 11.9 Å². The van der Waals surface area contributed by atoms with E-state index in [1.165, 1.54) is 6.92 Å². The van der Waals surface area contributed by atoms with E-state index in [-0.39, 0.29) is 0 Å². The Morgan fingerprint density at radius 1 is 1.06 bits per heavy atom. The molecule has 0 amide bonds. The number of esters is 1. The Balaban J connectivity index is 4.54. The normalized spacial score (nSPS) is 14.1. The van der Waals surface area contributed by atoms with Crippen molar-refractivity contribution in [2.45, 2.75) is 71.3 Å². The van der Waals surface area contributed by atoms with E-state index in [2.05, 4.69) is 6.92 Å². The number of carbonyl (C=O) groups excluding carboxylic acids is 1. The Morgan fingerprint density at radius 2 is 1.71 bits per heavy atom.